The van der Waals surface area contributed by atoms with Crippen LogP contribution in [0.5, 0.6) is 0 Å². The number of nitrogens with one attached hydrogen (secondary N) is 2. The number of hydrogen-bond donors (Lipinski definition) is 3. The first kappa shape index (κ1) is 15.4. The molecule has 1 atom stereocenters. The van der Waals surface area contributed by atoms with E-state index in [0.29, 0.717) is 0 Å². The highest BCUT2D eigenvalue weighted by Gasteiger charge is 2.27. The van der Waals surface area contributed by atoms with Crippen molar-refractivity contribution in [1.82, 2.24) is 10.6 Å². The number of rotatable bonds is 4. The van der Waals surface area contributed by atoms with Gasteiger partial charge in [-0.2, -0.15) is 0 Å². The lowest BCUT2D eigenvalue weighted by Crippen LogP contribution is -2.40. The highest BCUT2D eigenvalue weighted by atomic mass is 16.4. The lowest BCUT2D eigenvalue weighted by Gasteiger charge is -2.28. The van der Waals surface area contributed by atoms with Gasteiger partial charge in [-0.3, -0.25) is 4.79 Å². The van der Waals surface area contributed by atoms with Crippen molar-refractivity contribution in [2.75, 3.05) is 0 Å². The van der Waals surface area contributed by atoms with Crippen molar-refractivity contribution < 1.29 is 14.7 Å². The molecule has 1 saturated carbocycles. The maximum absolute atomic E-state index is 12.3. The first-order valence-electron chi connectivity index (χ1n) is 7.41. The number of carboxylic acid groups (broad SMARTS) is 1. The Morgan fingerprint density at radius 2 is 1.76 bits per heavy atom. The molecule has 21 heavy (non-hydrogen) atoms. The van der Waals surface area contributed by atoms with Gasteiger partial charge in [0.25, 0.3) is 0 Å². The van der Waals surface area contributed by atoms with Crippen molar-refractivity contribution in [2.24, 2.45) is 5.92 Å². The zero-order valence-corrected chi connectivity index (χ0v) is 12.2. The molecule has 0 aromatic heterocycles. The van der Waals surface area contributed by atoms with E-state index in [1.807, 2.05) is 37.3 Å². The highest BCUT2D eigenvalue weighted by Crippen LogP contribution is 2.25. The van der Waals surface area contributed by atoms with Crippen LogP contribution >= 0.6 is 0 Å². The molecule has 0 heterocycles. The van der Waals surface area contributed by atoms with E-state index in [0.717, 1.165) is 31.2 Å². The van der Waals surface area contributed by atoms with Gasteiger partial charge in [0.15, 0.2) is 0 Å². The van der Waals surface area contributed by atoms with Crippen molar-refractivity contribution in [2.45, 2.75) is 44.7 Å². The fraction of sp³-hybridized carbons (Fsp3) is 0.500. The van der Waals surface area contributed by atoms with Gasteiger partial charge in [-0.15, -0.1) is 0 Å². The van der Waals surface area contributed by atoms with Crippen LogP contribution in [0.4, 0.5) is 4.79 Å². The zero-order valence-electron chi connectivity index (χ0n) is 12.2. The summed E-state index contributed by atoms with van der Waals surface area (Å²) in [5.74, 6) is 0.0585. The van der Waals surface area contributed by atoms with E-state index in [1.165, 1.54) is 0 Å². The number of carbonyl (C=O) groups is 2. The number of benzene rings is 1. The van der Waals surface area contributed by atoms with Crippen LogP contribution in [-0.4, -0.2) is 23.1 Å². The molecule has 1 aromatic carbocycles. The summed E-state index contributed by atoms with van der Waals surface area (Å²) in [6.07, 6.45) is 1.94. The van der Waals surface area contributed by atoms with Gasteiger partial charge in [0.05, 0.1) is 6.04 Å². The van der Waals surface area contributed by atoms with Gasteiger partial charge in [-0.25, -0.2) is 4.79 Å². The first-order chi connectivity index (χ1) is 10.1. The Labute approximate surface area is 124 Å². The predicted octanol–water partition coefficient (Wildman–Crippen LogP) is 2.69. The maximum Gasteiger partial charge on any atom is 0.404 e. The van der Waals surface area contributed by atoms with Gasteiger partial charge in [0.1, 0.15) is 0 Å². The molecule has 1 unspecified atom stereocenters. The fourth-order valence-corrected chi connectivity index (χ4v) is 2.83. The standard InChI is InChI=1S/C16H22N2O3/c1-11(12-5-3-2-4-6-12)17-15(19)13-7-9-14(10-8-13)18-16(20)21/h2-6,11,13-14,18H,7-10H2,1H3,(H,17,19)(H,20,21). The minimum atomic E-state index is -0.986. The molecular weight excluding hydrogens is 268 g/mol. The van der Waals surface area contributed by atoms with Crippen molar-refractivity contribution in [3.63, 3.8) is 0 Å². The van der Waals surface area contributed by atoms with Crippen LogP contribution in [0.3, 0.4) is 0 Å². The summed E-state index contributed by atoms with van der Waals surface area (Å²) < 4.78 is 0. The Morgan fingerprint density at radius 1 is 1.14 bits per heavy atom. The van der Waals surface area contributed by atoms with Gasteiger partial charge < -0.3 is 15.7 Å². The molecule has 3 N–H and O–H groups in total. The molecule has 0 bridgehead atoms. The molecule has 5 nitrogen and oxygen atoms in total. The summed E-state index contributed by atoms with van der Waals surface area (Å²) in [7, 11) is 0. The summed E-state index contributed by atoms with van der Waals surface area (Å²) >= 11 is 0. The van der Waals surface area contributed by atoms with Crippen molar-refractivity contribution in [3.05, 3.63) is 35.9 Å². The Kier molecular flexibility index (Phi) is 5.20. The summed E-state index contributed by atoms with van der Waals surface area (Å²) in [6.45, 7) is 1.98. The zero-order chi connectivity index (χ0) is 15.2. The molecule has 114 valence electrons. The predicted molar refractivity (Wildman–Crippen MR) is 79.9 cm³/mol. The van der Waals surface area contributed by atoms with Gasteiger partial charge in [-0.1, -0.05) is 30.3 Å². The summed E-state index contributed by atoms with van der Waals surface area (Å²) in [5, 5.41) is 14.2. The topological polar surface area (TPSA) is 78.4 Å². The van der Waals surface area contributed by atoms with E-state index in [1.54, 1.807) is 0 Å². The molecule has 2 amide bonds. The van der Waals surface area contributed by atoms with E-state index < -0.39 is 6.09 Å². The van der Waals surface area contributed by atoms with Crippen LogP contribution in [0.2, 0.25) is 0 Å². The highest BCUT2D eigenvalue weighted by molar-refractivity contribution is 5.79. The van der Waals surface area contributed by atoms with Crippen molar-refractivity contribution in [3.8, 4) is 0 Å². The third kappa shape index (κ3) is 4.48. The van der Waals surface area contributed by atoms with Crippen LogP contribution in [0.25, 0.3) is 0 Å². The molecule has 1 aliphatic rings. The largest absolute Gasteiger partial charge is 0.465 e. The molecule has 5 heteroatoms. The monoisotopic (exact) mass is 290 g/mol. The Bertz CT molecular complexity index is 482. The quantitative estimate of drug-likeness (QED) is 0.797. The average Bonchev–Trinajstić information content (AvgIpc) is 2.48. The van der Waals surface area contributed by atoms with E-state index in [9.17, 15) is 9.59 Å². The van der Waals surface area contributed by atoms with E-state index in [-0.39, 0.29) is 23.9 Å². The molecule has 0 aliphatic heterocycles. The molecule has 1 aromatic rings. The second kappa shape index (κ2) is 7.11. The number of carbonyl (C=O) groups excluding carboxylic acids is 1. The Balaban J connectivity index is 1.81. The Morgan fingerprint density at radius 3 is 2.33 bits per heavy atom. The van der Waals surface area contributed by atoms with Gasteiger partial charge in [0.2, 0.25) is 5.91 Å². The smallest absolute Gasteiger partial charge is 0.404 e. The van der Waals surface area contributed by atoms with Crippen LogP contribution in [-0.2, 0) is 4.79 Å². The molecule has 2 rings (SSSR count). The maximum atomic E-state index is 12.3. The van der Waals surface area contributed by atoms with Gasteiger partial charge in [-0.05, 0) is 38.2 Å². The lowest BCUT2D eigenvalue weighted by molar-refractivity contribution is -0.126. The average molecular weight is 290 g/mol. The fourth-order valence-electron chi connectivity index (χ4n) is 2.83. The summed E-state index contributed by atoms with van der Waals surface area (Å²) in [5.41, 5.74) is 1.09. The molecular formula is C16H22N2O3. The van der Waals surface area contributed by atoms with Crippen LogP contribution < -0.4 is 10.6 Å². The third-order valence-electron chi connectivity index (χ3n) is 4.08. The molecule has 1 fully saturated rings. The molecule has 0 spiro atoms. The van der Waals surface area contributed by atoms with Gasteiger partial charge >= 0.3 is 6.09 Å². The molecule has 1 aliphatic carbocycles. The van der Waals surface area contributed by atoms with Crippen molar-refractivity contribution >= 4 is 12.0 Å². The van der Waals surface area contributed by atoms with Crippen LogP contribution in [0.15, 0.2) is 30.3 Å². The molecule has 0 radical (unpaired) electrons. The van der Waals surface area contributed by atoms with E-state index in [4.69, 9.17) is 5.11 Å². The van der Waals surface area contributed by atoms with Gasteiger partial charge in [0, 0.05) is 12.0 Å². The SMILES string of the molecule is CC(NC(=O)C1CCC(NC(=O)O)CC1)c1ccccc1. The number of hydrogen-bond acceptors (Lipinski definition) is 2. The normalized spacial score (nSPS) is 23.1. The van der Waals surface area contributed by atoms with Crippen molar-refractivity contribution in [1.29, 1.82) is 0 Å². The first-order valence-corrected chi connectivity index (χ1v) is 7.41. The minimum Gasteiger partial charge on any atom is -0.465 e. The molecule has 0 saturated heterocycles. The summed E-state index contributed by atoms with van der Waals surface area (Å²) in [4.78, 5) is 22.9. The Hall–Kier alpha value is -2.04. The lowest BCUT2D eigenvalue weighted by atomic mass is 9.85. The van der Waals surface area contributed by atoms with Crippen LogP contribution in [0.1, 0.15) is 44.2 Å². The summed E-state index contributed by atoms with van der Waals surface area (Å²) in [6, 6.07) is 9.85. The van der Waals surface area contributed by atoms with E-state index in [2.05, 4.69) is 10.6 Å². The van der Waals surface area contributed by atoms with E-state index >= 15 is 0 Å². The number of amides is 2. The second-order valence-electron chi connectivity index (χ2n) is 5.64. The van der Waals surface area contributed by atoms with Crippen LogP contribution in [0, 0.1) is 5.92 Å². The second-order valence-corrected chi connectivity index (χ2v) is 5.64. The third-order valence-corrected chi connectivity index (χ3v) is 4.08. The minimum absolute atomic E-state index is 0.00596.